The van der Waals surface area contributed by atoms with Crippen molar-refractivity contribution in [3.05, 3.63) is 58.1 Å². The molecule has 0 bridgehead atoms. The molecule has 2 aromatic carbocycles. The number of carbonyl (C=O) groups excluding carboxylic acids is 1. The van der Waals surface area contributed by atoms with Gasteiger partial charge in [-0.1, -0.05) is 30.3 Å². The van der Waals surface area contributed by atoms with Gasteiger partial charge < -0.3 is 0 Å². The summed E-state index contributed by atoms with van der Waals surface area (Å²) in [7, 11) is 0. The summed E-state index contributed by atoms with van der Waals surface area (Å²) in [5.41, 5.74) is 5.26. The van der Waals surface area contributed by atoms with Gasteiger partial charge in [0.1, 0.15) is 0 Å². The van der Waals surface area contributed by atoms with Crippen molar-refractivity contribution < 1.29 is 4.79 Å². The molecule has 1 amide bonds. The maximum atomic E-state index is 11.3. The van der Waals surface area contributed by atoms with Crippen molar-refractivity contribution in [1.29, 1.82) is 0 Å². The van der Waals surface area contributed by atoms with Crippen LogP contribution in [0.25, 0.3) is 17.2 Å². The Morgan fingerprint density at radius 3 is 2.83 bits per heavy atom. The molecule has 2 nitrogen and oxygen atoms in total. The standard InChI is InChI=1S/C16H11NO/c18-16-6-5-11-8-14-12(9-15(11)17-16)7-10-3-1-2-4-13(10)14/h1-5,8-9H,6-7H2. The minimum Gasteiger partial charge on any atom is -0.272 e. The van der Waals surface area contributed by atoms with E-state index in [1.807, 2.05) is 6.08 Å². The lowest BCUT2D eigenvalue weighted by Crippen LogP contribution is -2.30. The van der Waals surface area contributed by atoms with E-state index < -0.39 is 0 Å². The molecule has 0 aromatic heterocycles. The lowest BCUT2D eigenvalue weighted by atomic mass is 10.0. The first kappa shape index (κ1) is 9.77. The molecule has 0 N–H and O–H groups in total. The SMILES string of the molecule is O=C1CC=c2cc3c(cc2=N1)Cc1ccccc1-3. The predicted molar refractivity (Wildman–Crippen MR) is 69.6 cm³/mol. The summed E-state index contributed by atoms with van der Waals surface area (Å²) in [4.78, 5) is 15.5. The highest BCUT2D eigenvalue weighted by molar-refractivity contribution is 5.84. The van der Waals surface area contributed by atoms with E-state index in [1.165, 1.54) is 22.3 Å². The van der Waals surface area contributed by atoms with Crippen molar-refractivity contribution in [2.45, 2.75) is 12.8 Å². The molecule has 0 radical (unpaired) electrons. The molecule has 1 heterocycles. The van der Waals surface area contributed by atoms with E-state index in [1.54, 1.807) is 0 Å². The van der Waals surface area contributed by atoms with Crippen LogP contribution >= 0.6 is 0 Å². The summed E-state index contributed by atoms with van der Waals surface area (Å²) >= 11 is 0. The molecule has 0 saturated heterocycles. The summed E-state index contributed by atoms with van der Waals surface area (Å²) in [6.45, 7) is 0. The van der Waals surface area contributed by atoms with Crippen LogP contribution in [0.3, 0.4) is 0 Å². The van der Waals surface area contributed by atoms with E-state index in [0.29, 0.717) is 6.42 Å². The second kappa shape index (κ2) is 3.39. The summed E-state index contributed by atoms with van der Waals surface area (Å²) in [6.07, 6.45) is 3.35. The van der Waals surface area contributed by atoms with Crippen molar-refractivity contribution in [3.8, 4) is 11.1 Å². The zero-order chi connectivity index (χ0) is 12.1. The van der Waals surface area contributed by atoms with Crippen LogP contribution < -0.4 is 10.6 Å². The summed E-state index contributed by atoms with van der Waals surface area (Å²) in [5, 5.41) is 1.92. The summed E-state index contributed by atoms with van der Waals surface area (Å²) < 4.78 is 0. The fraction of sp³-hybridized carbons (Fsp3) is 0.125. The highest BCUT2D eigenvalue weighted by atomic mass is 16.1. The number of benzene rings is 2. The van der Waals surface area contributed by atoms with Crippen molar-refractivity contribution in [3.63, 3.8) is 0 Å². The van der Waals surface area contributed by atoms with Gasteiger partial charge in [0.15, 0.2) is 0 Å². The van der Waals surface area contributed by atoms with Crippen LogP contribution in [0.15, 0.2) is 41.4 Å². The fourth-order valence-corrected chi connectivity index (χ4v) is 2.83. The monoisotopic (exact) mass is 233 g/mol. The van der Waals surface area contributed by atoms with Gasteiger partial charge in [-0.3, -0.25) is 4.79 Å². The van der Waals surface area contributed by atoms with E-state index in [-0.39, 0.29) is 5.91 Å². The highest BCUT2D eigenvalue weighted by Crippen LogP contribution is 2.34. The van der Waals surface area contributed by atoms with Gasteiger partial charge in [0.05, 0.1) is 5.36 Å². The second-order valence-electron chi connectivity index (χ2n) is 4.82. The van der Waals surface area contributed by atoms with Crippen LogP contribution in [-0.2, 0) is 11.2 Å². The van der Waals surface area contributed by atoms with Crippen molar-refractivity contribution >= 4 is 12.0 Å². The third-order valence-electron chi connectivity index (χ3n) is 3.68. The lowest BCUT2D eigenvalue weighted by molar-refractivity contribution is -0.117. The number of hydrogen-bond donors (Lipinski definition) is 0. The van der Waals surface area contributed by atoms with Crippen LogP contribution in [0.2, 0.25) is 0 Å². The van der Waals surface area contributed by atoms with E-state index in [4.69, 9.17) is 0 Å². The maximum absolute atomic E-state index is 11.3. The Balaban J connectivity index is 2.05. The van der Waals surface area contributed by atoms with Gasteiger partial charge in [0, 0.05) is 6.42 Å². The Morgan fingerprint density at radius 2 is 1.89 bits per heavy atom. The number of hydrogen-bond acceptors (Lipinski definition) is 1. The molecule has 4 rings (SSSR count). The first-order valence-electron chi connectivity index (χ1n) is 6.14. The van der Waals surface area contributed by atoms with Crippen LogP contribution in [0.1, 0.15) is 17.5 Å². The summed E-state index contributed by atoms with van der Waals surface area (Å²) in [6, 6.07) is 12.7. The minimum absolute atomic E-state index is 0.0436. The largest absolute Gasteiger partial charge is 0.272 e. The normalized spacial score (nSPS) is 15.2. The Hall–Kier alpha value is -2.22. The quantitative estimate of drug-likeness (QED) is 0.579. The van der Waals surface area contributed by atoms with E-state index in [9.17, 15) is 4.79 Å². The van der Waals surface area contributed by atoms with Gasteiger partial charge in [-0.15, -0.1) is 0 Å². The molecule has 0 spiro atoms. The predicted octanol–water partition coefficient (Wildman–Crippen LogP) is 1.59. The van der Waals surface area contributed by atoms with E-state index >= 15 is 0 Å². The van der Waals surface area contributed by atoms with Gasteiger partial charge in [-0.2, -0.15) is 0 Å². The molecule has 2 heteroatoms. The molecule has 0 unspecified atom stereocenters. The molecule has 18 heavy (non-hydrogen) atoms. The van der Waals surface area contributed by atoms with Crippen LogP contribution in [0.5, 0.6) is 0 Å². The Labute approximate surface area is 104 Å². The molecular weight excluding hydrogens is 222 g/mol. The van der Waals surface area contributed by atoms with Crippen molar-refractivity contribution in [2.24, 2.45) is 4.99 Å². The maximum Gasteiger partial charge on any atom is 0.250 e. The molecule has 1 aliphatic carbocycles. The van der Waals surface area contributed by atoms with Gasteiger partial charge >= 0.3 is 0 Å². The smallest absolute Gasteiger partial charge is 0.250 e. The fourth-order valence-electron chi connectivity index (χ4n) is 2.83. The van der Waals surface area contributed by atoms with E-state index in [0.717, 1.165) is 17.0 Å². The molecule has 0 saturated carbocycles. The Kier molecular flexibility index (Phi) is 1.84. The zero-order valence-electron chi connectivity index (χ0n) is 9.81. The highest BCUT2D eigenvalue weighted by Gasteiger charge is 2.18. The number of carbonyl (C=O) groups is 1. The molecular formula is C16H11NO. The van der Waals surface area contributed by atoms with E-state index in [2.05, 4.69) is 41.4 Å². The van der Waals surface area contributed by atoms with Crippen molar-refractivity contribution in [1.82, 2.24) is 0 Å². The van der Waals surface area contributed by atoms with Gasteiger partial charge in [-0.05, 0) is 46.0 Å². The third-order valence-corrected chi connectivity index (χ3v) is 3.68. The first-order valence-corrected chi connectivity index (χ1v) is 6.14. The zero-order valence-corrected chi connectivity index (χ0v) is 9.81. The molecule has 2 aliphatic rings. The average Bonchev–Trinajstić information content (AvgIpc) is 2.73. The van der Waals surface area contributed by atoms with Gasteiger partial charge in [0.2, 0.25) is 5.91 Å². The number of rotatable bonds is 0. The Bertz CT molecular complexity index is 802. The molecule has 1 aliphatic heterocycles. The third kappa shape index (κ3) is 1.29. The first-order chi connectivity index (χ1) is 8.81. The molecule has 0 fully saturated rings. The van der Waals surface area contributed by atoms with Crippen LogP contribution in [0, 0.1) is 0 Å². The number of nitrogens with zero attached hydrogens (tertiary/aromatic N) is 1. The van der Waals surface area contributed by atoms with Crippen LogP contribution in [-0.4, -0.2) is 5.91 Å². The van der Waals surface area contributed by atoms with Gasteiger partial charge in [0.25, 0.3) is 0 Å². The second-order valence-corrected chi connectivity index (χ2v) is 4.82. The van der Waals surface area contributed by atoms with Gasteiger partial charge in [-0.25, -0.2) is 4.99 Å². The van der Waals surface area contributed by atoms with Crippen molar-refractivity contribution in [2.75, 3.05) is 0 Å². The topological polar surface area (TPSA) is 29.4 Å². The minimum atomic E-state index is -0.0436. The molecule has 86 valence electrons. The summed E-state index contributed by atoms with van der Waals surface area (Å²) in [5.74, 6) is -0.0436. The average molecular weight is 233 g/mol. The number of fused-ring (bicyclic) bond motifs is 4. The lowest BCUT2D eigenvalue weighted by Gasteiger charge is -2.03. The molecule has 0 atom stereocenters. The Morgan fingerprint density at radius 1 is 1.00 bits per heavy atom. The van der Waals surface area contributed by atoms with Crippen LogP contribution in [0.4, 0.5) is 0 Å². The number of amides is 1. The molecule has 2 aromatic rings.